The van der Waals surface area contributed by atoms with Gasteiger partial charge < -0.3 is 14.5 Å². The number of benzene rings is 2. The van der Waals surface area contributed by atoms with Gasteiger partial charge in [-0.25, -0.2) is 0 Å². The fraction of sp³-hybridized carbons (Fsp3) is 0.286. The van der Waals surface area contributed by atoms with Crippen LogP contribution in [0.15, 0.2) is 53.5 Å². The molecule has 0 fully saturated rings. The van der Waals surface area contributed by atoms with Crippen LogP contribution in [0.25, 0.3) is 0 Å². The van der Waals surface area contributed by atoms with E-state index >= 15 is 0 Å². The zero-order chi connectivity index (χ0) is 18.8. The number of aliphatic imine (C=N–C) groups is 1. The van der Waals surface area contributed by atoms with E-state index in [1.807, 2.05) is 23.1 Å². The highest BCUT2D eigenvalue weighted by Gasteiger charge is 2.34. The van der Waals surface area contributed by atoms with Crippen LogP contribution in [0.5, 0.6) is 0 Å². The number of guanidine groups is 1. The fourth-order valence-corrected chi connectivity index (χ4v) is 3.52. The lowest BCUT2D eigenvalue weighted by Crippen LogP contribution is -2.43. The van der Waals surface area contributed by atoms with E-state index in [1.165, 1.54) is 7.11 Å². The van der Waals surface area contributed by atoms with E-state index in [0.717, 1.165) is 42.4 Å². The zero-order valence-electron chi connectivity index (χ0n) is 15.2. The van der Waals surface area contributed by atoms with Gasteiger partial charge in [-0.3, -0.25) is 14.6 Å². The van der Waals surface area contributed by atoms with Gasteiger partial charge in [0.1, 0.15) is 0 Å². The molecule has 0 saturated heterocycles. The number of rotatable bonds is 5. The van der Waals surface area contributed by atoms with Gasteiger partial charge in [0, 0.05) is 18.7 Å². The minimum atomic E-state index is -0.293. The monoisotopic (exact) mass is 363 g/mol. The van der Waals surface area contributed by atoms with Crippen molar-refractivity contribution in [3.8, 4) is 0 Å². The van der Waals surface area contributed by atoms with Gasteiger partial charge in [-0.1, -0.05) is 36.4 Å². The Morgan fingerprint density at radius 3 is 2.56 bits per heavy atom. The van der Waals surface area contributed by atoms with Crippen molar-refractivity contribution in [3.05, 3.63) is 59.7 Å². The number of fused-ring (bicyclic) bond motifs is 3. The average Bonchev–Trinajstić information content (AvgIpc) is 3.02. The highest BCUT2D eigenvalue weighted by molar-refractivity contribution is 6.19. The molecule has 0 N–H and O–H groups in total. The van der Waals surface area contributed by atoms with E-state index < -0.39 is 0 Å². The van der Waals surface area contributed by atoms with Crippen LogP contribution in [0.2, 0.25) is 0 Å². The normalized spacial score (nSPS) is 15.1. The van der Waals surface area contributed by atoms with Crippen molar-refractivity contribution in [2.45, 2.75) is 12.8 Å². The Labute approximate surface area is 158 Å². The van der Waals surface area contributed by atoms with Gasteiger partial charge in [-0.05, 0) is 24.1 Å². The van der Waals surface area contributed by atoms with E-state index in [2.05, 4.69) is 20.7 Å². The lowest BCUT2D eigenvalue weighted by Gasteiger charge is -2.26. The minimum Gasteiger partial charge on any atom is -0.469 e. The van der Waals surface area contributed by atoms with Gasteiger partial charge >= 0.3 is 5.97 Å². The second kappa shape index (κ2) is 7.23. The SMILES string of the molecule is COC(=O)Cc1ccc(C(=O)CN2C3=NCCCN3c3ccccc32)cc1. The predicted octanol–water partition coefficient (Wildman–Crippen LogP) is 2.67. The number of anilines is 2. The molecule has 2 aromatic carbocycles. The Bertz CT molecular complexity index is 905. The molecule has 6 heteroatoms. The lowest BCUT2D eigenvalue weighted by atomic mass is 10.1. The summed E-state index contributed by atoms with van der Waals surface area (Å²) in [6.07, 6.45) is 1.22. The van der Waals surface area contributed by atoms with E-state index in [4.69, 9.17) is 0 Å². The van der Waals surface area contributed by atoms with Crippen molar-refractivity contribution in [1.29, 1.82) is 0 Å². The van der Waals surface area contributed by atoms with E-state index in [-0.39, 0.29) is 24.7 Å². The van der Waals surface area contributed by atoms with E-state index in [1.54, 1.807) is 24.3 Å². The molecule has 2 aliphatic heterocycles. The van der Waals surface area contributed by atoms with Gasteiger partial charge in [0.25, 0.3) is 0 Å². The molecular weight excluding hydrogens is 342 g/mol. The van der Waals surface area contributed by atoms with E-state index in [9.17, 15) is 9.59 Å². The van der Waals surface area contributed by atoms with Crippen LogP contribution in [0, 0.1) is 0 Å². The number of para-hydroxylation sites is 2. The van der Waals surface area contributed by atoms with Crippen molar-refractivity contribution in [1.82, 2.24) is 0 Å². The summed E-state index contributed by atoms with van der Waals surface area (Å²) in [5.74, 6) is 0.584. The first-order valence-corrected chi connectivity index (χ1v) is 9.05. The standard InChI is InChI=1S/C21H21N3O3/c1-27-20(26)13-15-7-9-16(10-8-15)19(25)14-24-18-6-3-2-5-17(18)23-12-4-11-22-21(23)24/h2-3,5-10H,4,11-14H2,1H3. The first kappa shape index (κ1) is 17.3. The zero-order valence-corrected chi connectivity index (χ0v) is 15.2. The summed E-state index contributed by atoms with van der Waals surface area (Å²) in [4.78, 5) is 33.1. The van der Waals surface area contributed by atoms with Crippen molar-refractivity contribution >= 4 is 29.1 Å². The highest BCUT2D eigenvalue weighted by Crippen LogP contribution is 2.38. The Kier molecular flexibility index (Phi) is 4.62. The van der Waals surface area contributed by atoms with E-state index in [0.29, 0.717) is 5.56 Å². The summed E-state index contributed by atoms with van der Waals surface area (Å²) >= 11 is 0. The van der Waals surface area contributed by atoms with Gasteiger partial charge in [-0.15, -0.1) is 0 Å². The minimum absolute atomic E-state index is 0.0181. The first-order chi connectivity index (χ1) is 13.2. The molecule has 0 spiro atoms. The lowest BCUT2D eigenvalue weighted by molar-refractivity contribution is -0.139. The summed E-state index contributed by atoms with van der Waals surface area (Å²) in [5.41, 5.74) is 3.58. The number of ether oxygens (including phenoxy) is 1. The molecule has 4 rings (SSSR count). The second-order valence-corrected chi connectivity index (χ2v) is 6.63. The Hall–Kier alpha value is -3.15. The van der Waals surface area contributed by atoms with Crippen molar-refractivity contribution in [2.75, 3.05) is 36.5 Å². The smallest absolute Gasteiger partial charge is 0.309 e. The largest absolute Gasteiger partial charge is 0.469 e. The highest BCUT2D eigenvalue weighted by atomic mass is 16.5. The molecule has 0 amide bonds. The molecule has 2 aliphatic rings. The molecule has 0 aromatic heterocycles. The number of carbonyl (C=O) groups is 2. The van der Waals surface area contributed by atoms with Crippen LogP contribution in [0.3, 0.4) is 0 Å². The third-order valence-electron chi connectivity index (χ3n) is 4.89. The summed E-state index contributed by atoms with van der Waals surface area (Å²) in [6.45, 7) is 1.94. The van der Waals surface area contributed by atoms with Crippen molar-refractivity contribution in [3.63, 3.8) is 0 Å². The molecular formula is C21H21N3O3. The summed E-state index contributed by atoms with van der Waals surface area (Å²) in [6, 6.07) is 15.2. The molecule has 0 bridgehead atoms. The van der Waals surface area contributed by atoms with Gasteiger partial charge in [0.2, 0.25) is 5.96 Å². The Morgan fingerprint density at radius 1 is 1.07 bits per heavy atom. The number of ketones is 1. The maximum absolute atomic E-state index is 12.9. The fourth-order valence-electron chi connectivity index (χ4n) is 3.52. The number of nitrogens with zero attached hydrogens (tertiary/aromatic N) is 3. The van der Waals surface area contributed by atoms with Crippen molar-refractivity contribution < 1.29 is 14.3 Å². The van der Waals surface area contributed by atoms with Gasteiger partial charge in [-0.2, -0.15) is 0 Å². The summed E-state index contributed by atoms with van der Waals surface area (Å²) in [7, 11) is 1.37. The molecule has 27 heavy (non-hydrogen) atoms. The number of methoxy groups -OCH3 is 1. The average molecular weight is 363 g/mol. The molecule has 6 nitrogen and oxygen atoms in total. The van der Waals surface area contributed by atoms with Crippen LogP contribution in [-0.2, 0) is 16.0 Å². The maximum Gasteiger partial charge on any atom is 0.309 e. The maximum atomic E-state index is 12.9. The molecule has 0 atom stereocenters. The van der Waals surface area contributed by atoms with Crippen LogP contribution in [0.4, 0.5) is 11.4 Å². The molecule has 2 heterocycles. The predicted molar refractivity (Wildman–Crippen MR) is 105 cm³/mol. The topological polar surface area (TPSA) is 62.2 Å². The molecule has 0 saturated carbocycles. The van der Waals surface area contributed by atoms with Crippen molar-refractivity contribution in [2.24, 2.45) is 4.99 Å². The Balaban J connectivity index is 1.54. The summed E-state index contributed by atoms with van der Waals surface area (Å²) < 4.78 is 4.67. The van der Waals surface area contributed by atoms with Gasteiger partial charge in [0.15, 0.2) is 5.78 Å². The first-order valence-electron chi connectivity index (χ1n) is 9.05. The number of carbonyl (C=O) groups excluding carboxylic acids is 2. The molecule has 0 radical (unpaired) electrons. The molecule has 0 aliphatic carbocycles. The third-order valence-corrected chi connectivity index (χ3v) is 4.89. The molecule has 138 valence electrons. The number of esters is 1. The number of hydrogen-bond acceptors (Lipinski definition) is 6. The molecule has 2 aromatic rings. The van der Waals surface area contributed by atoms with Gasteiger partial charge in [0.05, 0.1) is 31.5 Å². The van der Waals surface area contributed by atoms with Crippen LogP contribution >= 0.6 is 0 Å². The number of hydrogen-bond donors (Lipinski definition) is 0. The summed E-state index contributed by atoms with van der Waals surface area (Å²) in [5, 5.41) is 0. The second-order valence-electron chi connectivity index (χ2n) is 6.63. The quantitative estimate of drug-likeness (QED) is 0.604. The van der Waals surface area contributed by atoms with Crippen LogP contribution < -0.4 is 9.80 Å². The molecule has 0 unspecified atom stereocenters. The van der Waals surface area contributed by atoms with Crippen LogP contribution in [-0.4, -0.2) is 44.5 Å². The number of Topliss-reactive ketones (excluding diaryl/α,β-unsaturated/α-hetero) is 1. The van der Waals surface area contributed by atoms with Crippen LogP contribution in [0.1, 0.15) is 22.3 Å². The Morgan fingerprint density at radius 2 is 1.81 bits per heavy atom. The third kappa shape index (κ3) is 3.30.